The number of hydrogen-bond acceptors (Lipinski definition) is 3. The molecule has 0 aliphatic carbocycles. The molecule has 2 rings (SSSR count). The quantitative estimate of drug-likeness (QED) is 0.667. The summed E-state index contributed by atoms with van der Waals surface area (Å²) in [6.07, 6.45) is 0.379. The third-order valence-electron chi connectivity index (χ3n) is 3.30. The fourth-order valence-corrected chi connectivity index (χ4v) is 2.17. The minimum atomic E-state index is -0.757. The Bertz CT molecular complexity index is 655. The van der Waals surface area contributed by atoms with E-state index in [9.17, 15) is 14.0 Å². The van der Waals surface area contributed by atoms with Crippen molar-refractivity contribution in [1.82, 2.24) is 0 Å². The number of amides is 2. The van der Waals surface area contributed by atoms with Crippen molar-refractivity contribution in [2.24, 2.45) is 5.41 Å². The smallest absolute Gasteiger partial charge is 0.239 e. The lowest BCUT2D eigenvalue weighted by atomic mass is 9.92. The zero-order chi connectivity index (χ0) is 15.6. The zero-order valence-corrected chi connectivity index (χ0v) is 11.9. The van der Waals surface area contributed by atoms with Crippen LogP contribution in [0.3, 0.4) is 0 Å². The standard InChI is InChI=1S/C16H16FNO3/c1-16(2)10-14(20)18(15(16)21)12-7-6-11(13(17)9-12)5-3-4-8-19/h6-7,9,19H,4,8,10H2,1-2H3. The maximum Gasteiger partial charge on any atom is 0.239 e. The second-order valence-corrected chi connectivity index (χ2v) is 5.53. The topological polar surface area (TPSA) is 57.6 Å². The molecule has 1 aromatic rings. The number of aliphatic hydroxyl groups excluding tert-OH is 1. The molecule has 4 nitrogen and oxygen atoms in total. The lowest BCUT2D eigenvalue weighted by Crippen LogP contribution is -2.33. The molecule has 5 heteroatoms. The van der Waals surface area contributed by atoms with Gasteiger partial charge in [-0.25, -0.2) is 9.29 Å². The molecule has 21 heavy (non-hydrogen) atoms. The fraction of sp³-hybridized carbons (Fsp3) is 0.375. The van der Waals surface area contributed by atoms with Crippen molar-refractivity contribution in [3.8, 4) is 11.8 Å². The number of imide groups is 1. The Balaban J connectivity index is 2.31. The average molecular weight is 289 g/mol. The largest absolute Gasteiger partial charge is 0.395 e. The van der Waals surface area contributed by atoms with E-state index < -0.39 is 11.2 Å². The molecule has 1 saturated heterocycles. The molecule has 0 atom stereocenters. The number of rotatable bonds is 2. The monoisotopic (exact) mass is 289 g/mol. The van der Waals surface area contributed by atoms with E-state index in [0.717, 1.165) is 11.0 Å². The van der Waals surface area contributed by atoms with Crippen LogP contribution in [0.25, 0.3) is 0 Å². The lowest BCUT2D eigenvalue weighted by Gasteiger charge is -2.18. The van der Waals surface area contributed by atoms with E-state index in [-0.39, 0.29) is 42.5 Å². The molecule has 1 N–H and O–H groups in total. The minimum Gasteiger partial charge on any atom is -0.395 e. The molecule has 1 aliphatic heterocycles. The number of benzene rings is 1. The van der Waals surface area contributed by atoms with E-state index in [0.29, 0.717) is 0 Å². The van der Waals surface area contributed by atoms with E-state index in [1.165, 1.54) is 12.1 Å². The fourth-order valence-electron chi connectivity index (χ4n) is 2.17. The highest BCUT2D eigenvalue weighted by molar-refractivity contribution is 6.22. The highest BCUT2D eigenvalue weighted by Gasteiger charge is 2.45. The van der Waals surface area contributed by atoms with E-state index in [1.807, 2.05) is 0 Å². The molecule has 110 valence electrons. The van der Waals surface area contributed by atoms with Crippen LogP contribution in [0.5, 0.6) is 0 Å². The van der Waals surface area contributed by atoms with Crippen LogP contribution in [0.2, 0.25) is 0 Å². The van der Waals surface area contributed by atoms with Crippen molar-refractivity contribution in [2.75, 3.05) is 11.5 Å². The van der Waals surface area contributed by atoms with Crippen LogP contribution in [-0.4, -0.2) is 23.5 Å². The molecule has 1 aromatic carbocycles. The first-order valence-corrected chi connectivity index (χ1v) is 6.63. The van der Waals surface area contributed by atoms with Gasteiger partial charge in [-0.1, -0.05) is 25.7 Å². The van der Waals surface area contributed by atoms with Gasteiger partial charge >= 0.3 is 0 Å². The second-order valence-electron chi connectivity index (χ2n) is 5.53. The van der Waals surface area contributed by atoms with E-state index in [1.54, 1.807) is 13.8 Å². The Hall–Kier alpha value is -2.19. The molecule has 0 radical (unpaired) electrons. The predicted octanol–water partition coefficient (Wildman–Crippen LogP) is 1.85. The van der Waals surface area contributed by atoms with Crippen LogP contribution in [0.1, 0.15) is 32.3 Å². The molecule has 1 fully saturated rings. The molecule has 1 heterocycles. The Labute approximate surface area is 122 Å². The number of aliphatic hydroxyl groups is 1. The number of nitrogens with zero attached hydrogens (tertiary/aromatic N) is 1. The minimum absolute atomic E-state index is 0.0848. The zero-order valence-electron chi connectivity index (χ0n) is 11.9. The van der Waals surface area contributed by atoms with Crippen LogP contribution in [0.15, 0.2) is 18.2 Å². The summed E-state index contributed by atoms with van der Waals surface area (Å²) in [6.45, 7) is 3.30. The highest BCUT2D eigenvalue weighted by atomic mass is 19.1. The summed E-state index contributed by atoms with van der Waals surface area (Å²) in [5, 5.41) is 8.63. The number of anilines is 1. The van der Waals surface area contributed by atoms with Crippen LogP contribution in [-0.2, 0) is 9.59 Å². The molecule has 0 saturated carbocycles. The van der Waals surface area contributed by atoms with Crippen molar-refractivity contribution in [3.05, 3.63) is 29.6 Å². The van der Waals surface area contributed by atoms with Gasteiger partial charge in [-0.05, 0) is 18.2 Å². The Morgan fingerprint density at radius 3 is 2.62 bits per heavy atom. The number of carbonyl (C=O) groups excluding carboxylic acids is 2. The Morgan fingerprint density at radius 1 is 1.38 bits per heavy atom. The molecule has 1 aliphatic rings. The second kappa shape index (κ2) is 5.66. The molecule has 0 spiro atoms. The van der Waals surface area contributed by atoms with Crippen LogP contribution in [0.4, 0.5) is 10.1 Å². The maximum atomic E-state index is 14.0. The van der Waals surface area contributed by atoms with Gasteiger partial charge in [-0.15, -0.1) is 0 Å². The van der Waals surface area contributed by atoms with E-state index in [2.05, 4.69) is 11.8 Å². The summed E-state index contributed by atoms with van der Waals surface area (Å²) in [4.78, 5) is 25.1. The number of halogens is 1. The number of carbonyl (C=O) groups is 2. The Kier molecular flexibility index (Phi) is 4.10. The van der Waals surface area contributed by atoms with Gasteiger partial charge in [0, 0.05) is 12.8 Å². The summed E-state index contributed by atoms with van der Waals surface area (Å²) < 4.78 is 14.0. The highest BCUT2D eigenvalue weighted by Crippen LogP contribution is 2.35. The first kappa shape index (κ1) is 15.2. The van der Waals surface area contributed by atoms with Crippen molar-refractivity contribution in [2.45, 2.75) is 26.7 Å². The maximum absolute atomic E-state index is 14.0. The molecule has 0 bridgehead atoms. The lowest BCUT2D eigenvalue weighted by molar-refractivity contribution is -0.124. The summed E-state index contributed by atoms with van der Waals surface area (Å²) in [5.74, 6) is 3.97. The SMILES string of the molecule is CC1(C)CC(=O)N(c2ccc(C#CCCO)c(F)c2)C1=O. The van der Waals surface area contributed by atoms with E-state index >= 15 is 0 Å². The van der Waals surface area contributed by atoms with Gasteiger partial charge in [-0.2, -0.15) is 0 Å². The van der Waals surface area contributed by atoms with Gasteiger partial charge in [0.2, 0.25) is 11.8 Å². The molecular formula is C16H16FNO3. The predicted molar refractivity (Wildman–Crippen MR) is 75.9 cm³/mol. The van der Waals surface area contributed by atoms with Gasteiger partial charge in [0.05, 0.1) is 23.3 Å². The van der Waals surface area contributed by atoms with Crippen LogP contribution in [0, 0.1) is 23.1 Å². The summed E-state index contributed by atoms with van der Waals surface area (Å²) in [5.41, 5.74) is -0.362. The Morgan fingerprint density at radius 2 is 2.10 bits per heavy atom. The molecule has 0 aromatic heterocycles. The summed E-state index contributed by atoms with van der Waals surface area (Å²) >= 11 is 0. The van der Waals surface area contributed by atoms with Gasteiger partial charge in [0.15, 0.2) is 0 Å². The van der Waals surface area contributed by atoms with Gasteiger partial charge in [0.1, 0.15) is 5.82 Å². The van der Waals surface area contributed by atoms with Crippen LogP contribution >= 0.6 is 0 Å². The van der Waals surface area contributed by atoms with E-state index in [4.69, 9.17) is 5.11 Å². The average Bonchev–Trinajstić information content (AvgIpc) is 2.60. The molecular weight excluding hydrogens is 273 g/mol. The van der Waals surface area contributed by atoms with Gasteiger partial charge < -0.3 is 5.11 Å². The van der Waals surface area contributed by atoms with Gasteiger partial charge in [0.25, 0.3) is 0 Å². The van der Waals surface area contributed by atoms with Crippen molar-refractivity contribution >= 4 is 17.5 Å². The normalized spacial score (nSPS) is 16.9. The first-order valence-electron chi connectivity index (χ1n) is 6.63. The molecule has 0 unspecified atom stereocenters. The summed E-state index contributed by atoms with van der Waals surface area (Å²) in [7, 11) is 0. The van der Waals surface area contributed by atoms with Crippen molar-refractivity contribution in [3.63, 3.8) is 0 Å². The number of hydrogen-bond donors (Lipinski definition) is 1. The van der Waals surface area contributed by atoms with Gasteiger partial charge in [-0.3, -0.25) is 9.59 Å². The van der Waals surface area contributed by atoms with Crippen molar-refractivity contribution < 1.29 is 19.1 Å². The third-order valence-corrected chi connectivity index (χ3v) is 3.30. The first-order chi connectivity index (χ1) is 9.86. The summed E-state index contributed by atoms with van der Waals surface area (Å²) in [6, 6.07) is 4.07. The third kappa shape index (κ3) is 2.96. The molecule has 2 amide bonds. The van der Waals surface area contributed by atoms with Crippen molar-refractivity contribution in [1.29, 1.82) is 0 Å². The van der Waals surface area contributed by atoms with Crippen LogP contribution < -0.4 is 4.90 Å².